The fourth-order valence-electron chi connectivity index (χ4n) is 2.10. The number of fused-ring (bicyclic) bond motifs is 1. The molecule has 3 rings (SSSR count). The number of nitrogens with two attached hydrogens (primary N) is 1. The number of amides is 1. The van der Waals surface area contributed by atoms with Crippen LogP contribution in [0.25, 0.3) is 10.9 Å². The summed E-state index contributed by atoms with van der Waals surface area (Å²) in [5.41, 5.74) is 7.92. The molecule has 5 heteroatoms. The Bertz CT molecular complexity index is 763. The van der Waals surface area contributed by atoms with E-state index < -0.39 is 0 Å². The van der Waals surface area contributed by atoms with Gasteiger partial charge in [0.1, 0.15) is 6.54 Å². The second-order valence-corrected chi connectivity index (χ2v) is 4.53. The largest absolute Gasteiger partial charge is 0.399 e. The van der Waals surface area contributed by atoms with Crippen molar-refractivity contribution in [2.45, 2.75) is 6.54 Å². The molecule has 0 aliphatic carbocycles. The number of benzene rings is 2. The summed E-state index contributed by atoms with van der Waals surface area (Å²) in [6.45, 7) is 0.169. The summed E-state index contributed by atoms with van der Waals surface area (Å²) in [6.07, 6.45) is 1.75. The third kappa shape index (κ3) is 2.47. The van der Waals surface area contributed by atoms with Gasteiger partial charge in [0, 0.05) is 16.8 Å². The van der Waals surface area contributed by atoms with Crippen LogP contribution in [0.5, 0.6) is 0 Å². The van der Waals surface area contributed by atoms with E-state index in [9.17, 15) is 4.79 Å². The van der Waals surface area contributed by atoms with E-state index in [1.54, 1.807) is 35.1 Å². The Labute approximate surface area is 116 Å². The number of nitrogens with one attached hydrogen (secondary N) is 1. The van der Waals surface area contributed by atoms with E-state index in [1.165, 1.54) is 0 Å². The Hall–Kier alpha value is -2.82. The SMILES string of the molecule is Nc1cccc(NC(=O)Cn2ncc3ccccc32)c1. The summed E-state index contributed by atoms with van der Waals surface area (Å²) in [6, 6.07) is 14.9. The van der Waals surface area contributed by atoms with Crippen molar-refractivity contribution < 1.29 is 4.79 Å². The number of hydrogen-bond donors (Lipinski definition) is 2. The topological polar surface area (TPSA) is 72.9 Å². The minimum absolute atomic E-state index is 0.135. The molecule has 0 aliphatic rings. The number of hydrogen-bond acceptors (Lipinski definition) is 3. The Balaban J connectivity index is 1.76. The lowest BCUT2D eigenvalue weighted by atomic mass is 10.2. The van der Waals surface area contributed by atoms with Crippen molar-refractivity contribution in [2.24, 2.45) is 0 Å². The Morgan fingerprint density at radius 2 is 2.05 bits per heavy atom. The van der Waals surface area contributed by atoms with E-state index in [-0.39, 0.29) is 12.5 Å². The zero-order chi connectivity index (χ0) is 13.9. The summed E-state index contributed by atoms with van der Waals surface area (Å²) >= 11 is 0. The zero-order valence-electron chi connectivity index (χ0n) is 10.8. The molecule has 0 saturated carbocycles. The zero-order valence-corrected chi connectivity index (χ0v) is 10.8. The molecular weight excluding hydrogens is 252 g/mol. The summed E-state index contributed by atoms with van der Waals surface area (Å²) in [5, 5.41) is 8.05. The van der Waals surface area contributed by atoms with Crippen LogP contribution in [-0.4, -0.2) is 15.7 Å². The highest BCUT2D eigenvalue weighted by Gasteiger charge is 2.07. The Morgan fingerprint density at radius 1 is 1.20 bits per heavy atom. The van der Waals surface area contributed by atoms with Crippen LogP contribution in [0.2, 0.25) is 0 Å². The predicted octanol–water partition coefficient (Wildman–Crippen LogP) is 2.26. The molecule has 1 aromatic heterocycles. The number of carbonyl (C=O) groups excluding carboxylic acids is 1. The average Bonchev–Trinajstić information content (AvgIpc) is 2.82. The molecule has 0 saturated heterocycles. The fraction of sp³-hybridized carbons (Fsp3) is 0.0667. The highest BCUT2D eigenvalue weighted by molar-refractivity contribution is 5.92. The standard InChI is InChI=1S/C15H14N4O/c16-12-5-3-6-13(8-12)18-15(20)10-19-14-7-2-1-4-11(14)9-17-19/h1-9H,10,16H2,(H,18,20). The number of rotatable bonds is 3. The van der Waals surface area contributed by atoms with E-state index in [1.807, 2.05) is 24.3 Å². The van der Waals surface area contributed by atoms with Crippen molar-refractivity contribution in [1.82, 2.24) is 9.78 Å². The molecule has 1 heterocycles. The Morgan fingerprint density at radius 3 is 2.90 bits per heavy atom. The highest BCUT2D eigenvalue weighted by Crippen LogP contribution is 2.14. The highest BCUT2D eigenvalue weighted by atomic mass is 16.2. The third-order valence-corrected chi connectivity index (χ3v) is 3.01. The van der Waals surface area contributed by atoms with Gasteiger partial charge in [0.05, 0.1) is 11.7 Å². The second kappa shape index (κ2) is 5.05. The van der Waals surface area contributed by atoms with Gasteiger partial charge in [0.25, 0.3) is 0 Å². The normalized spacial score (nSPS) is 10.6. The molecule has 100 valence electrons. The van der Waals surface area contributed by atoms with Crippen molar-refractivity contribution in [3.8, 4) is 0 Å². The van der Waals surface area contributed by atoms with Crippen molar-refractivity contribution in [1.29, 1.82) is 0 Å². The number of aromatic nitrogens is 2. The molecule has 0 spiro atoms. The molecule has 0 radical (unpaired) electrons. The van der Waals surface area contributed by atoms with Crippen molar-refractivity contribution in [3.63, 3.8) is 0 Å². The first-order chi connectivity index (χ1) is 9.72. The maximum Gasteiger partial charge on any atom is 0.246 e. The summed E-state index contributed by atoms with van der Waals surface area (Å²) in [4.78, 5) is 12.0. The lowest BCUT2D eigenvalue weighted by molar-refractivity contribution is -0.116. The Kier molecular flexibility index (Phi) is 3.09. The maximum atomic E-state index is 12.0. The van der Waals surface area contributed by atoms with Gasteiger partial charge < -0.3 is 11.1 Å². The molecule has 0 fully saturated rings. The number of nitrogen functional groups attached to an aromatic ring is 1. The lowest BCUT2D eigenvalue weighted by Crippen LogP contribution is -2.19. The average molecular weight is 266 g/mol. The molecule has 0 atom stereocenters. The van der Waals surface area contributed by atoms with Gasteiger partial charge in [-0.3, -0.25) is 9.48 Å². The molecule has 5 nitrogen and oxygen atoms in total. The van der Waals surface area contributed by atoms with Crippen LogP contribution in [0.15, 0.2) is 54.7 Å². The number of anilines is 2. The summed E-state index contributed by atoms with van der Waals surface area (Å²) in [7, 11) is 0. The molecular formula is C15H14N4O. The lowest BCUT2D eigenvalue weighted by Gasteiger charge is -2.07. The first-order valence-corrected chi connectivity index (χ1v) is 6.28. The van der Waals surface area contributed by atoms with E-state index >= 15 is 0 Å². The first-order valence-electron chi connectivity index (χ1n) is 6.28. The molecule has 3 N–H and O–H groups in total. The molecule has 0 bridgehead atoms. The molecule has 3 aromatic rings. The molecule has 0 aliphatic heterocycles. The molecule has 1 amide bonds. The first kappa shape index (κ1) is 12.2. The smallest absolute Gasteiger partial charge is 0.246 e. The summed E-state index contributed by atoms with van der Waals surface area (Å²) < 4.78 is 1.68. The van der Waals surface area contributed by atoms with Gasteiger partial charge in [-0.2, -0.15) is 5.10 Å². The van der Waals surface area contributed by atoms with Crippen LogP contribution >= 0.6 is 0 Å². The van der Waals surface area contributed by atoms with E-state index in [4.69, 9.17) is 5.73 Å². The van der Waals surface area contributed by atoms with Gasteiger partial charge in [-0.25, -0.2) is 0 Å². The van der Waals surface area contributed by atoms with Gasteiger partial charge in [0.2, 0.25) is 5.91 Å². The van der Waals surface area contributed by atoms with Crippen molar-refractivity contribution >= 4 is 28.2 Å². The van der Waals surface area contributed by atoms with Gasteiger partial charge in [-0.05, 0) is 24.3 Å². The number of para-hydroxylation sites is 1. The monoisotopic (exact) mass is 266 g/mol. The predicted molar refractivity (Wildman–Crippen MR) is 79.2 cm³/mol. The van der Waals surface area contributed by atoms with Gasteiger partial charge in [0.15, 0.2) is 0 Å². The minimum Gasteiger partial charge on any atom is -0.399 e. The van der Waals surface area contributed by atoms with Crippen LogP contribution in [-0.2, 0) is 11.3 Å². The van der Waals surface area contributed by atoms with Crippen LogP contribution in [0.3, 0.4) is 0 Å². The van der Waals surface area contributed by atoms with Gasteiger partial charge >= 0.3 is 0 Å². The quantitative estimate of drug-likeness (QED) is 0.714. The van der Waals surface area contributed by atoms with Crippen LogP contribution in [0, 0.1) is 0 Å². The maximum absolute atomic E-state index is 12.0. The minimum atomic E-state index is -0.135. The fourth-order valence-corrected chi connectivity index (χ4v) is 2.10. The van der Waals surface area contributed by atoms with Crippen LogP contribution < -0.4 is 11.1 Å². The van der Waals surface area contributed by atoms with Crippen LogP contribution in [0.1, 0.15) is 0 Å². The third-order valence-electron chi connectivity index (χ3n) is 3.01. The van der Waals surface area contributed by atoms with E-state index in [0.717, 1.165) is 10.9 Å². The van der Waals surface area contributed by atoms with E-state index in [0.29, 0.717) is 11.4 Å². The van der Waals surface area contributed by atoms with E-state index in [2.05, 4.69) is 10.4 Å². The molecule has 20 heavy (non-hydrogen) atoms. The summed E-state index contributed by atoms with van der Waals surface area (Å²) in [5.74, 6) is -0.135. The number of nitrogens with zero attached hydrogens (tertiary/aromatic N) is 2. The second-order valence-electron chi connectivity index (χ2n) is 4.53. The van der Waals surface area contributed by atoms with Gasteiger partial charge in [-0.1, -0.05) is 24.3 Å². The number of carbonyl (C=O) groups is 1. The van der Waals surface area contributed by atoms with Crippen LogP contribution in [0.4, 0.5) is 11.4 Å². The molecule has 0 unspecified atom stereocenters. The van der Waals surface area contributed by atoms with Crippen molar-refractivity contribution in [3.05, 3.63) is 54.7 Å². The van der Waals surface area contributed by atoms with Gasteiger partial charge in [-0.15, -0.1) is 0 Å². The molecule has 2 aromatic carbocycles. The van der Waals surface area contributed by atoms with Crippen molar-refractivity contribution in [2.75, 3.05) is 11.1 Å².